The average molecular weight is 425 g/mol. The summed E-state index contributed by atoms with van der Waals surface area (Å²) in [6.07, 6.45) is 3.43. The van der Waals surface area contributed by atoms with E-state index in [4.69, 9.17) is 14.3 Å². The molecule has 1 aromatic carbocycles. The van der Waals surface area contributed by atoms with Crippen molar-refractivity contribution in [1.29, 1.82) is 0 Å². The van der Waals surface area contributed by atoms with Crippen molar-refractivity contribution >= 4 is 5.91 Å². The molecule has 3 aromatic rings. The molecule has 0 saturated heterocycles. The minimum Gasteiger partial charge on any atom is -0.431 e. The first-order valence-corrected chi connectivity index (χ1v) is 10.9. The number of aryl methyl sites for hydroxylation is 1. The van der Waals surface area contributed by atoms with Crippen molar-refractivity contribution in [2.45, 2.75) is 66.2 Å². The molecule has 2 aromatic heterocycles. The lowest BCUT2D eigenvalue weighted by atomic mass is 10.1. The minimum absolute atomic E-state index is 0.133. The topological polar surface area (TPSA) is 82.2 Å². The van der Waals surface area contributed by atoms with Gasteiger partial charge in [-0.1, -0.05) is 26.0 Å². The first-order valence-electron chi connectivity index (χ1n) is 10.9. The Bertz CT molecular complexity index is 1000. The van der Waals surface area contributed by atoms with E-state index in [0.29, 0.717) is 19.0 Å². The van der Waals surface area contributed by atoms with Gasteiger partial charge in [-0.15, -0.1) is 0 Å². The molecule has 1 amide bonds. The molecule has 0 saturated carbocycles. The predicted molar refractivity (Wildman–Crippen MR) is 121 cm³/mol. The fraction of sp³-hybridized carbons (Fsp3) is 0.458. The maximum absolute atomic E-state index is 12.4. The molecule has 31 heavy (non-hydrogen) atoms. The second-order valence-electron chi connectivity index (χ2n) is 7.91. The number of nitrogens with zero attached hydrogens (tertiary/aromatic N) is 3. The van der Waals surface area contributed by atoms with E-state index in [9.17, 15) is 4.79 Å². The highest BCUT2D eigenvalue weighted by Crippen LogP contribution is 2.26. The number of benzene rings is 1. The Morgan fingerprint density at radius 3 is 2.65 bits per heavy atom. The molecular formula is C24H32N4O3. The van der Waals surface area contributed by atoms with Gasteiger partial charge >= 0.3 is 0 Å². The van der Waals surface area contributed by atoms with Crippen molar-refractivity contribution in [3.8, 4) is 22.7 Å². The second kappa shape index (κ2) is 10.4. The van der Waals surface area contributed by atoms with Crippen LogP contribution in [0.5, 0.6) is 0 Å². The second-order valence-corrected chi connectivity index (χ2v) is 7.91. The van der Waals surface area contributed by atoms with Gasteiger partial charge in [0.25, 0.3) is 5.91 Å². The van der Waals surface area contributed by atoms with E-state index in [2.05, 4.69) is 16.4 Å². The lowest BCUT2D eigenvalue weighted by Crippen LogP contribution is -2.33. The summed E-state index contributed by atoms with van der Waals surface area (Å²) in [5.74, 6) is 0.400. The highest BCUT2D eigenvalue weighted by molar-refractivity contribution is 5.91. The largest absolute Gasteiger partial charge is 0.431 e. The fourth-order valence-corrected chi connectivity index (χ4v) is 3.33. The molecule has 0 bridgehead atoms. The molecule has 2 heterocycles. The van der Waals surface area contributed by atoms with Crippen molar-refractivity contribution in [3.63, 3.8) is 0 Å². The molecule has 0 radical (unpaired) electrons. The maximum atomic E-state index is 12.4. The maximum Gasteiger partial charge on any atom is 0.288 e. The standard InChI is InChI=1S/C24H32N4O3/c1-6-20(7-2)26-23(29)22-15-25-24(31-22)19-10-8-9-18(14-19)21-13-17(5)28(27-21)11-12-30-16(3)4/h8-10,13-16,20H,6-7,11-12H2,1-5H3,(H,26,29). The molecule has 0 aliphatic carbocycles. The van der Waals surface area contributed by atoms with Crippen LogP contribution in [-0.2, 0) is 11.3 Å². The molecule has 7 heteroatoms. The summed E-state index contributed by atoms with van der Waals surface area (Å²) in [7, 11) is 0. The number of nitrogens with one attached hydrogen (secondary N) is 1. The van der Waals surface area contributed by atoms with Crippen LogP contribution < -0.4 is 5.32 Å². The molecule has 166 valence electrons. The number of hydrogen-bond acceptors (Lipinski definition) is 5. The lowest BCUT2D eigenvalue weighted by Gasteiger charge is -2.12. The average Bonchev–Trinajstić information content (AvgIpc) is 3.39. The number of hydrogen-bond donors (Lipinski definition) is 1. The summed E-state index contributed by atoms with van der Waals surface area (Å²) < 4.78 is 13.3. The van der Waals surface area contributed by atoms with Crippen LogP contribution in [0.15, 0.2) is 40.9 Å². The molecular weight excluding hydrogens is 392 g/mol. The van der Waals surface area contributed by atoms with E-state index < -0.39 is 0 Å². The Morgan fingerprint density at radius 2 is 1.94 bits per heavy atom. The highest BCUT2D eigenvalue weighted by atomic mass is 16.5. The molecule has 0 aliphatic rings. The zero-order valence-corrected chi connectivity index (χ0v) is 19.0. The number of rotatable bonds is 10. The molecule has 0 fully saturated rings. The van der Waals surface area contributed by atoms with Gasteiger partial charge in [-0.25, -0.2) is 4.98 Å². The summed E-state index contributed by atoms with van der Waals surface area (Å²) >= 11 is 0. The minimum atomic E-state index is -0.235. The summed E-state index contributed by atoms with van der Waals surface area (Å²) in [4.78, 5) is 16.7. The van der Waals surface area contributed by atoms with Crippen molar-refractivity contribution in [3.05, 3.63) is 48.0 Å². The number of aromatic nitrogens is 3. The van der Waals surface area contributed by atoms with Gasteiger partial charge in [-0.2, -0.15) is 5.10 Å². The summed E-state index contributed by atoms with van der Waals surface area (Å²) in [6, 6.07) is 10.0. The van der Waals surface area contributed by atoms with Crippen molar-refractivity contribution in [2.24, 2.45) is 0 Å². The Kier molecular flexibility index (Phi) is 7.63. The summed E-state index contributed by atoms with van der Waals surface area (Å²) in [5, 5.41) is 7.69. The summed E-state index contributed by atoms with van der Waals surface area (Å²) in [5.41, 5.74) is 3.71. The van der Waals surface area contributed by atoms with E-state index in [0.717, 1.165) is 35.4 Å². The van der Waals surface area contributed by atoms with Crippen LogP contribution in [0.3, 0.4) is 0 Å². The van der Waals surface area contributed by atoms with Crippen LogP contribution in [0.1, 0.15) is 56.8 Å². The van der Waals surface area contributed by atoms with Crippen LogP contribution in [0, 0.1) is 6.92 Å². The number of ether oxygens (including phenoxy) is 1. The number of carbonyl (C=O) groups excluding carboxylic acids is 1. The van der Waals surface area contributed by atoms with Crippen LogP contribution in [0.25, 0.3) is 22.7 Å². The van der Waals surface area contributed by atoms with Crippen LogP contribution >= 0.6 is 0 Å². The molecule has 0 spiro atoms. The van der Waals surface area contributed by atoms with Gasteiger partial charge in [0.1, 0.15) is 0 Å². The molecule has 7 nitrogen and oxygen atoms in total. The van der Waals surface area contributed by atoms with E-state index in [1.165, 1.54) is 6.20 Å². The van der Waals surface area contributed by atoms with Crippen LogP contribution in [0.2, 0.25) is 0 Å². The number of oxazole rings is 1. The summed E-state index contributed by atoms with van der Waals surface area (Å²) in [6.45, 7) is 11.5. The normalized spacial score (nSPS) is 11.5. The first kappa shape index (κ1) is 22.7. The highest BCUT2D eigenvalue weighted by Gasteiger charge is 2.17. The Balaban J connectivity index is 1.75. The SMILES string of the molecule is CCC(CC)NC(=O)c1cnc(-c2cccc(-c3cc(C)n(CCOC(C)C)n3)c2)o1. The third-order valence-electron chi connectivity index (χ3n) is 5.19. The number of carbonyl (C=O) groups is 1. The fourth-order valence-electron chi connectivity index (χ4n) is 3.33. The van der Waals surface area contributed by atoms with Gasteiger partial charge in [-0.3, -0.25) is 9.48 Å². The van der Waals surface area contributed by atoms with Gasteiger partial charge < -0.3 is 14.5 Å². The van der Waals surface area contributed by atoms with E-state index in [1.54, 1.807) is 0 Å². The zero-order chi connectivity index (χ0) is 22.4. The predicted octanol–water partition coefficient (Wildman–Crippen LogP) is 4.86. The van der Waals surface area contributed by atoms with Gasteiger partial charge in [0.05, 0.1) is 31.1 Å². The van der Waals surface area contributed by atoms with E-state index >= 15 is 0 Å². The number of amides is 1. The van der Waals surface area contributed by atoms with Gasteiger partial charge in [-0.05, 0) is 51.8 Å². The smallest absolute Gasteiger partial charge is 0.288 e. The van der Waals surface area contributed by atoms with E-state index in [1.807, 2.05) is 63.6 Å². The first-order chi connectivity index (χ1) is 14.9. The molecule has 3 rings (SSSR count). The quantitative estimate of drug-likeness (QED) is 0.503. The molecule has 0 unspecified atom stereocenters. The van der Waals surface area contributed by atoms with Gasteiger partial charge in [0.15, 0.2) is 0 Å². The molecule has 0 aliphatic heterocycles. The van der Waals surface area contributed by atoms with Crippen molar-refractivity contribution in [1.82, 2.24) is 20.1 Å². The monoisotopic (exact) mass is 424 g/mol. The third kappa shape index (κ3) is 5.82. The molecule has 0 atom stereocenters. The van der Waals surface area contributed by atoms with Gasteiger partial charge in [0, 0.05) is 22.9 Å². The van der Waals surface area contributed by atoms with Crippen molar-refractivity contribution in [2.75, 3.05) is 6.61 Å². The lowest BCUT2D eigenvalue weighted by molar-refractivity contribution is 0.0707. The van der Waals surface area contributed by atoms with E-state index in [-0.39, 0.29) is 23.8 Å². The Morgan fingerprint density at radius 1 is 1.19 bits per heavy atom. The van der Waals surface area contributed by atoms with Gasteiger partial charge in [0.2, 0.25) is 11.7 Å². The third-order valence-corrected chi connectivity index (χ3v) is 5.19. The van der Waals surface area contributed by atoms with Crippen molar-refractivity contribution < 1.29 is 13.9 Å². The zero-order valence-electron chi connectivity index (χ0n) is 19.0. The van der Waals surface area contributed by atoms with Crippen LogP contribution in [-0.4, -0.2) is 39.4 Å². The molecule has 1 N–H and O–H groups in total. The Hall–Kier alpha value is -2.93. The van der Waals surface area contributed by atoms with Crippen LogP contribution in [0.4, 0.5) is 0 Å². The Labute approximate surface area is 183 Å².